The van der Waals surface area contributed by atoms with Crippen LogP contribution in [0.5, 0.6) is 0 Å². The molecule has 1 amide bonds. The molecule has 1 aromatic rings. The van der Waals surface area contributed by atoms with Gasteiger partial charge in [0.05, 0.1) is 5.56 Å². The van der Waals surface area contributed by atoms with E-state index in [1.54, 1.807) is 0 Å². The summed E-state index contributed by atoms with van der Waals surface area (Å²) in [5.41, 5.74) is 0.693. The molecule has 2 rings (SSSR count). The molecule has 17 heavy (non-hydrogen) atoms. The molecule has 0 aliphatic carbocycles. The van der Waals surface area contributed by atoms with Gasteiger partial charge in [0.15, 0.2) is 0 Å². The number of carbonyl (C=O) groups is 1. The zero-order valence-electron chi connectivity index (χ0n) is 9.21. The number of benzene rings is 1. The van der Waals surface area contributed by atoms with Crippen molar-refractivity contribution in [2.45, 2.75) is 6.42 Å². The molecule has 0 radical (unpaired) electrons. The van der Waals surface area contributed by atoms with Crippen LogP contribution in [0.25, 0.3) is 0 Å². The largest absolute Gasteiger partial charge is 0.352 e. The Balaban J connectivity index is 1.94. The molecular weight excluding hydrogens is 366 g/mol. The van der Waals surface area contributed by atoms with Gasteiger partial charge in [0.25, 0.3) is 5.91 Å². The summed E-state index contributed by atoms with van der Waals surface area (Å²) in [6, 6.07) is 5.60. The van der Waals surface area contributed by atoms with Gasteiger partial charge in [-0.3, -0.25) is 4.79 Å². The summed E-state index contributed by atoms with van der Waals surface area (Å²) in [5.74, 6) is 3.03. The molecule has 1 saturated heterocycles. The number of amides is 1. The molecule has 1 aliphatic heterocycles. The van der Waals surface area contributed by atoms with Crippen molar-refractivity contribution in [3.05, 3.63) is 32.7 Å². The average Bonchev–Trinajstić information content (AvgIpc) is 2.78. The lowest BCUT2D eigenvalue weighted by molar-refractivity contribution is 0.0947. The highest BCUT2D eigenvalue weighted by atomic mass is 79.9. The van der Waals surface area contributed by atoms with E-state index < -0.39 is 0 Å². The number of nitrogens with one attached hydrogen (secondary N) is 1. The molecule has 0 spiro atoms. The van der Waals surface area contributed by atoms with Crippen LogP contribution in [0.2, 0.25) is 0 Å². The van der Waals surface area contributed by atoms with Crippen LogP contribution in [0, 0.1) is 5.92 Å². The highest BCUT2D eigenvalue weighted by molar-refractivity contribution is 9.11. The van der Waals surface area contributed by atoms with Gasteiger partial charge >= 0.3 is 0 Å². The lowest BCUT2D eigenvalue weighted by Crippen LogP contribution is -2.29. The van der Waals surface area contributed by atoms with Crippen LogP contribution in [0.3, 0.4) is 0 Å². The Hall–Kier alpha value is -0.000000000000000111. The summed E-state index contributed by atoms with van der Waals surface area (Å²) in [6.07, 6.45) is 1.21. The van der Waals surface area contributed by atoms with E-state index in [0.717, 1.165) is 15.5 Å². The minimum atomic E-state index is 0.00118. The molecule has 1 N–H and O–H groups in total. The molecule has 1 unspecified atom stereocenters. The number of rotatable bonds is 3. The normalized spacial score (nSPS) is 19.3. The van der Waals surface area contributed by atoms with Crippen LogP contribution in [-0.2, 0) is 0 Å². The number of hydrogen-bond acceptors (Lipinski definition) is 2. The van der Waals surface area contributed by atoms with Gasteiger partial charge in [-0.1, -0.05) is 15.9 Å². The standard InChI is InChI=1S/C12H13Br2NOS/c13-9-1-2-10(11(14)5-9)12(16)15-6-8-3-4-17-7-8/h1-2,5,8H,3-4,6-7H2,(H,15,16). The zero-order valence-corrected chi connectivity index (χ0v) is 13.2. The van der Waals surface area contributed by atoms with E-state index in [1.165, 1.54) is 17.9 Å². The van der Waals surface area contributed by atoms with Crippen molar-refractivity contribution in [3.63, 3.8) is 0 Å². The molecule has 0 bridgehead atoms. The molecule has 1 aromatic carbocycles. The highest BCUT2D eigenvalue weighted by Gasteiger charge is 2.17. The molecule has 2 nitrogen and oxygen atoms in total. The fraction of sp³-hybridized carbons (Fsp3) is 0.417. The Morgan fingerprint density at radius 3 is 2.94 bits per heavy atom. The second kappa shape index (κ2) is 6.25. The summed E-state index contributed by atoms with van der Waals surface area (Å²) >= 11 is 8.75. The van der Waals surface area contributed by atoms with Crippen molar-refractivity contribution < 1.29 is 4.79 Å². The van der Waals surface area contributed by atoms with Gasteiger partial charge in [-0.2, -0.15) is 11.8 Å². The van der Waals surface area contributed by atoms with Crippen molar-refractivity contribution in [1.29, 1.82) is 0 Å². The third-order valence-electron chi connectivity index (χ3n) is 2.75. The molecule has 0 saturated carbocycles. The van der Waals surface area contributed by atoms with Crippen LogP contribution >= 0.6 is 43.6 Å². The average molecular weight is 379 g/mol. The molecule has 1 fully saturated rings. The number of hydrogen-bond donors (Lipinski definition) is 1. The Morgan fingerprint density at radius 1 is 1.47 bits per heavy atom. The SMILES string of the molecule is O=C(NCC1CCSC1)c1ccc(Br)cc1Br. The smallest absolute Gasteiger partial charge is 0.252 e. The fourth-order valence-corrected chi connectivity index (χ4v) is 4.26. The van der Waals surface area contributed by atoms with Crippen molar-refractivity contribution >= 4 is 49.5 Å². The van der Waals surface area contributed by atoms with Crippen LogP contribution < -0.4 is 5.32 Å². The Morgan fingerprint density at radius 2 is 2.29 bits per heavy atom. The van der Waals surface area contributed by atoms with Gasteiger partial charge in [-0.15, -0.1) is 0 Å². The van der Waals surface area contributed by atoms with E-state index in [9.17, 15) is 4.79 Å². The van der Waals surface area contributed by atoms with Crippen molar-refractivity contribution in [2.24, 2.45) is 5.92 Å². The second-order valence-corrected chi connectivity index (χ2v) is 6.98. The van der Waals surface area contributed by atoms with Gasteiger partial charge in [0.2, 0.25) is 0 Å². The Labute approximate surface area is 122 Å². The van der Waals surface area contributed by atoms with E-state index in [2.05, 4.69) is 37.2 Å². The van der Waals surface area contributed by atoms with Gasteiger partial charge in [-0.25, -0.2) is 0 Å². The minimum absolute atomic E-state index is 0.00118. The van der Waals surface area contributed by atoms with E-state index >= 15 is 0 Å². The van der Waals surface area contributed by atoms with Gasteiger partial charge < -0.3 is 5.32 Å². The molecular formula is C12H13Br2NOS. The maximum atomic E-state index is 12.0. The topological polar surface area (TPSA) is 29.1 Å². The van der Waals surface area contributed by atoms with Gasteiger partial charge in [0, 0.05) is 15.5 Å². The maximum Gasteiger partial charge on any atom is 0.252 e. The predicted molar refractivity (Wildman–Crippen MR) is 79.6 cm³/mol. The number of thioether (sulfide) groups is 1. The summed E-state index contributed by atoms with van der Waals surface area (Å²) in [4.78, 5) is 12.0. The van der Waals surface area contributed by atoms with Gasteiger partial charge in [0.1, 0.15) is 0 Å². The molecule has 92 valence electrons. The fourth-order valence-electron chi connectivity index (χ4n) is 1.75. The lowest BCUT2D eigenvalue weighted by Gasteiger charge is -2.11. The first-order valence-corrected chi connectivity index (χ1v) is 8.22. The van der Waals surface area contributed by atoms with Crippen LogP contribution in [0.1, 0.15) is 16.8 Å². The zero-order chi connectivity index (χ0) is 12.3. The van der Waals surface area contributed by atoms with E-state index in [1.807, 2.05) is 30.0 Å². The molecule has 1 atom stereocenters. The van der Waals surface area contributed by atoms with E-state index in [0.29, 0.717) is 11.5 Å². The monoisotopic (exact) mass is 377 g/mol. The molecule has 5 heteroatoms. The Bertz CT molecular complexity index is 419. The third kappa shape index (κ3) is 3.73. The van der Waals surface area contributed by atoms with Crippen LogP contribution in [0.15, 0.2) is 27.1 Å². The second-order valence-electron chi connectivity index (χ2n) is 4.06. The number of halogens is 2. The first-order valence-electron chi connectivity index (χ1n) is 5.48. The van der Waals surface area contributed by atoms with Crippen LogP contribution in [-0.4, -0.2) is 24.0 Å². The maximum absolute atomic E-state index is 12.0. The predicted octanol–water partition coefficient (Wildman–Crippen LogP) is 3.69. The van der Waals surface area contributed by atoms with Crippen LogP contribution in [0.4, 0.5) is 0 Å². The highest BCUT2D eigenvalue weighted by Crippen LogP contribution is 2.24. The summed E-state index contributed by atoms with van der Waals surface area (Å²) in [5, 5.41) is 3.00. The van der Waals surface area contributed by atoms with E-state index in [-0.39, 0.29) is 5.91 Å². The van der Waals surface area contributed by atoms with Crippen molar-refractivity contribution in [3.8, 4) is 0 Å². The van der Waals surface area contributed by atoms with E-state index in [4.69, 9.17) is 0 Å². The Kier molecular flexibility index (Phi) is 4.94. The number of carbonyl (C=O) groups excluding carboxylic acids is 1. The molecule has 0 aromatic heterocycles. The quantitative estimate of drug-likeness (QED) is 0.868. The third-order valence-corrected chi connectivity index (χ3v) is 5.13. The summed E-state index contributed by atoms with van der Waals surface area (Å²) < 4.78 is 1.79. The van der Waals surface area contributed by atoms with Crippen molar-refractivity contribution in [2.75, 3.05) is 18.1 Å². The van der Waals surface area contributed by atoms with Crippen molar-refractivity contribution in [1.82, 2.24) is 5.32 Å². The first-order chi connectivity index (χ1) is 8.16. The minimum Gasteiger partial charge on any atom is -0.352 e. The molecule has 1 heterocycles. The summed E-state index contributed by atoms with van der Waals surface area (Å²) in [6.45, 7) is 0.786. The van der Waals surface area contributed by atoms with Gasteiger partial charge in [-0.05, 0) is 58.0 Å². The first kappa shape index (κ1) is 13.4. The lowest BCUT2D eigenvalue weighted by atomic mass is 10.1. The summed E-state index contributed by atoms with van der Waals surface area (Å²) in [7, 11) is 0. The molecule has 1 aliphatic rings.